The van der Waals surface area contributed by atoms with Crippen molar-refractivity contribution in [2.24, 2.45) is 34.5 Å². The average molecular weight is 849 g/mol. The van der Waals surface area contributed by atoms with E-state index < -0.39 is 11.2 Å². The van der Waals surface area contributed by atoms with Gasteiger partial charge in [-0.25, -0.2) is 0 Å². The average Bonchev–Trinajstić information content (AvgIpc) is 3.36. The molecule has 0 heterocycles. The van der Waals surface area contributed by atoms with Crippen molar-refractivity contribution in [1.29, 1.82) is 0 Å². The number of benzene rings is 2. The molecule has 0 amide bonds. The minimum absolute atomic E-state index is 0. The van der Waals surface area contributed by atoms with Crippen LogP contribution in [0.3, 0.4) is 0 Å². The van der Waals surface area contributed by atoms with Crippen molar-refractivity contribution in [2.45, 2.75) is 86.6 Å². The van der Waals surface area contributed by atoms with E-state index in [2.05, 4.69) is 59.6 Å². The standard InChI is InChI=1S/C16H19BrO2.C16H17BrO2.CH3B.CH4.3ClH.Fe/c2*1-9-6-16(7-10(2)14(9)18)8-11-3-4-12(17)5-13(11)15(16)19;1-2;;;;;/h3-5,9-10,14,18H,6-8H2,1-2H3;3-5,9-10H,6-8H2,1-2H3;1H3;1H4;3*1H;/q;;;;;;;+3/p-3/t9-,10+,14?,16?;9-,10+,16?;;;;;;. The first-order valence-corrected chi connectivity index (χ1v) is 20.9. The molecule has 2 saturated carbocycles. The molecule has 0 bridgehead atoms. The number of Topliss-reactive ketones (excluding diaryl/α,β-unsaturated/α-hetero) is 3. The third-order valence-electron chi connectivity index (χ3n) is 9.61. The van der Waals surface area contributed by atoms with Gasteiger partial charge >= 0.3 is 41.5 Å². The monoisotopic (exact) mass is 845 g/mol. The Balaban J connectivity index is 0.000000262. The van der Waals surface area contributed by atoms with Gasteiger partial charge in [0.2, 0.25) is 0 Å². The molecule has 3 unspecified atom stereocenters. The number of hydrogen-bond donors (Lipinski definition) is 1. The second-order valence-electron chi connectivity index (χ2n) is 12.8. The van der Waals surface area contributed by atoms with Gasteiger partial charge in [-0.1, -0.05) is 85.9 Å². The van der Waals surface area contributed by atoms with Crippen LogP contribution in [-0.4, -0.2) is 36.4 Å². The molecule has 2 radical (unpaired) electrons. The second kappa shape index (κ2) is 17.0. The fourth-order valence-electron chi connectivity index (χ4n) is 8.01. The van der Waals surface area contributed by atoms with Crippen LogP contribution in [0.4, 0.5) is 0 Å². The van der Waals surface area contributed by atoms with Crippen molar-refractivity contribution in [3.05, 3.63) is 67.6 Å². The number of ketones is 3. The molecule has 249 valence electrons. The SMILES string of the molecule is C.C[C@@H]1CC2(Cc3ccc(Br)cc3C2=O)C[C@H](C)C1=O.C[C@@H]1CC2(Cc3ccc(Br)cc3C2=O)C[C@H](C)C1O.[B]C.[Cl][Fe]([Cl])[Cl]. The van der Waals surface area contributed by atoms with Gasteiger partial charge < -0.3 is 5.11 Å². The van der Waals surface area contributed by atoms with E-state index in [9.17, 15) is 19.5 Å². The first-order chi connectivity index (χ1) is 20.6. The Labute approximate surface area is 304 Å². The summed E-state index contributed by atoms with van der Waals surface area (Å²) in [6, 6.07) is 12.0. The van der Waals surface area contributed by atoms with Crippen molar-refractivity contribution in [2.75, 3.05) is 0 Å². The molecule has 0 aliphatic heterocycles. The van der Waals surface area contributed by atoms with Crippen LogP contribution < -0.4 is 0 Å². The molecular weight excluding hydrogens is 805 g/mol. The summed E-state index contributed by atoms with van der Waals surface area (Å²) in [5.41, 5.74) is 3.45. The molecule has 2 aromatic carbocycles. The molecule has 4 nitrogen and oxygen atoms in total. The molecule has 4 aliphatic rings. The van der Waals surface area contributed by atoms with Gasteiger partial charge in [-0.3, -0.25) is 14.4 Å². The second-order valence-corrected chi connectivity index (χ2v) is 20.1. The van der Waals surface area contributed by atoms with E-state index in [1.807, 2.05) is 44.2 Å². The number of hydrogen-bond acceptors (Lipinski definition) is 4. The predicted octanol–water partition coefficient (Wildman–Crippen LogP) is 10.3. The Morgan fingerprint density at radius 2 is 1.07 bits per heavy atom. The summed E-state index contributed by atoms with van der Waals surface area (Å²) < 4.78 is 1.92. The van der Waals surface area contributed by atoms with Gasteiger partial charge in [0.1, 0.15) is 5.78 Å². The summed E-state index contributed by atoms with van der Waals surface area (Å²) in [6.45, 7) is 9.56. The number of aliphatic hydroxyl groups excluding tert-OH is 1. The Morgan fingerprint density at radius 3 is 1.42 bits per heavy atom. The van der Waals surface area contributed by atoms with Crippen LogP contribution in [0.1, 0.15) is 92.6 Å². The topological polar surface area (TPSA) is 71.4 Å². The zero-order chi connectivity index (χ0) is 33.1. The predicted molar refractivity (Wildman–Crippen MR) is 191 cm³/mol. The number of rotatable bonds is 0. The van der Waals surface area contributed by atoms with Gasteiger partial charge in [0.25, 0.3) is 0 Å². The normalized spacial score (nSPS) is 31.3. The van der Waals surface area contributed by atoms with E-state index in [1.54, 1.807) is 0 Å². The Morgan fingerprint density at radius 1 is 0.733 bits per heavy atom. The summed E-state index contributed by atoms with van der Waals surface area (Å²) in [4.78, 5) is 37.6. The van der Waals surface area contributed by atoms with Crippen molar-refractivity contribution in [3.8, 4) is 0 Å². The first-order valence-electron chi connectivity index (χ1n) is 14.7. The van der Waals surface area contributed by atoms with E-state index in [-0.39, 0.29) is 59.6 Å². The first kappa shape index (κ1) is 41.0. The molecular formula is C34H43BBr2Cl3FeO4. The summed E-state index contributed by atoms with van der Waals surface area (Å²) in [5, 5.41) is 10.1. The molecule has 0 aromatic heterocycles. The number of aliphatic hydroxyl groups is 1. The van der Waals surface area contributed by atoms with Crippen molar-refractivity contribution in [1.82, 2.24) is 0 Å². The van der Waals surface area contributed by atoms with Gasteiger partial charge in [-0.2, -0.15) is 0 Å². The minimum atomic E-state index is -1.33. The summed E-state index contributed by atoms with van der Waals surface area (Å²) in [5.74, 6) is 1.26. The molecule has 11 heteroatoms. The molecule has 2 fully saturated rings. The van der Waals surface area contributed by atoms with Crippen molar-refractivity contribution >= 4 is 87.3 Å². The molecule has 1 N–H and O–H groups in total. The zero-order valence-corrected chi connectivity index (χ0v) is 32.1. The van der Waals surface area contributed by atoms with Gasteiger partial charge in [0, 0.05) is 42.7 Å². The van der Waals surface area contributed by atoms with Crippen LogP contribution in [0.25, 0.3) is 0 Å². The number of fused-ring (bicyclic) bond motifs is 2. The maximum absolute atomic E-state index is 12.8. The third kappa shape index (κ3) is 9.09. The fraction of sp³-hybridized carbons (Fsp3) is 0.559. The van der Waals surface area contributed by atoms with Gasteiger partial charge in [0.05, 0.1) is 14.0 Å². The van der Waals surface area contributed by atoms with E-state index >= 15 is 0 Å². The van der Waals surface area contributed by atoms with Crippen LogP contribution in [-0.2, 0) is 28.8 Å². The molecule has 4 aliphatic carbocycles. The summed E-state index contributed by atoms with van der Waals surface area (Å²) in [7, 11) is 19.2. The van der Waals surface area contributed by atoms with E-state index in [1.165, 1.54) is 12.4 Å². The van der Waals surface area contributed by atoms with Crippen molar-refractivity contribution in [3.63, 3.8) is 0 Å². The molecule has 7 atom stereocenters. The molecule has 0 saturated heterocycles. The van der Waals surface area contributed by atoms with Gasteiger partial charge in [-0.05, 0) is 85.8 Å². The Bertz CT molecular complexity index is 1360. The van der Waals surface area contributed by atoms with Crippen LogP contribution in [0.5, 0.6) is 0 Å². The third-order valence-corrected chi connectivity index (χ3v) is 10.6. The fourth-order valence-corrected chi connectivity index (χ4v) is 8.73. The van der Waals surface area contributed by atoms with Gasteiger partial charge in [-0.15, -0.1) is 0 Å². The van der Waals surface area contributed by atoms with Crippen LogP contribution >= 0.6 is 62.2 Å². The molecule has 6 rings (SSSR count). The molecule has 2 aromatic rings. The van der Waals surface area contributed by atoms with E-state index in [0.717, 1.165) is 51.3 Å². The number of halogens is 5. The molecule has 45 heavy (non-hydrogen) atoms. The zero-order valence-electron chi connectivity index (χ0n) is 25.6. The van der Waals surface area contributed by atoms with Crippen molar-refractivity contribution < 1.29 is 30.7 Å². The van der Waals surface area contributed by atoms with E-state index in [0.29, 0.717) is 18.6 Å². The molecule has 2 spiro atoms. The summed E-state index contributed by atoms with van der Waals surface area (Å²) >= 11 is 5.54. The van der Waals surface area contributed by atoms with Crippen LogP contribution in [0.15, 0.2) is 45.3 Å². The van der Waals surface area contributed by atoms with E-state index in [4.69, 9.17) is 30.3 Å². The maximum atomic E-state index is 12.8. The van der Waals surface area contributed by atoms with Crippen LogP contribution in [0.2, 0.25) is 6.82 Å². The quantitative estimate of drug-likeness (QED) is 0.268. The number of carbonyl (C=O) groups excluding carboxylic acids is 3. The Kier molecular flexibility index (Phi) is 15.5. The van der Waals surface area contributed by atoms with Gasteiger partial charge in [0.15, 0.2) is 11.6 Å². The Hall–Kier alpha value is -0.176. The number of carbonyl (C=O) groups is 3. The van der Waals surface area contributed by atoms with Crippen LogP contribution in [0, 0.1) is 34.5 Å². The summed E-state index contributed by atoms with van der Waals surface area (Å²) in [6.07, 6.45) is 4.41.